The molecule has 1 aromatic heterocycles. The highest BCUT2D eigenvalue weighted by Gasteiger charge is 2.13. The summed E-state index contributed by atoms with van der Waals surface area (Å²) in [6.45, 7) is 1.87. The van der Waals surface area contributed by atoms with E-state index in [1.807, 2.05) is 42.0 Å². The number of nitrogens with zero attached hydrogens (tertiary/aromatic N) is 2. The van der Waals surface area contributed by atoms with E-state index in [0.717, 1.165) is 17.0 Å². The number of amides is 1. The van der Waals surface area contributed by atoms with Crippen LogP contribution in [0.2, 0.25) is 0 Å². The minimum atomic E-state index is -0.294. The number of thioether (sulfide) groups is 1. The summed E-state index contributed by atoms with van der Waals surface area (Å²) in [5.41, 5.74) is 1.77. The van der Waals surface area contributed by atoms with Gasteiger partial charge in [-0.25, -0.2) is 9.37 Å². The van der Waals surface area contributed by atoms with Crippen LogP contribution in [0.25, 0.3) is 5.69 Å². The third-order valence-corrected chi connectivity index (χ3v) is 4.98. The number of ether oxygens (including phenoxy) is 1. The van der Waals surface area contributed by atoms with Crippen molar-refractivity contribution >= 4 is 17.7 Å². The Morgan fingerprint density at radius 3 is 2.81 bits per heavy atom. The molecule has 0 radical (unpaired) electrons. The van der Waals surface area contributed by atoms with Gasteiger partial charge in [0.05, 0.1) is 24.6 Å². The Labute approximate surface area is 161 Å². The number of imidazole rings is 1. The second kappa shape index (κ2) is 8.73. The van der Waals surface area contributed by atoms with Crippen molar-refractivity contribution in [2.75, 3.05) is 12.9 Å². The van der Waals surface area contributed by atoms with Crippen LogP contribution in [-0.2, 0) is 4.79 Å². The molecule has 1 unspecified atom stereocenters. The van der Waals surface area contributed by atoms with Gasteiger partial charge in [-0.15, -0.1) is 0 Å². The number of hydrogen-bond acceptors (Lipinski definition) is 4. The summed E-state index contributed by atoms with van der Waals surface area (Å²) in [6, 6.07) is 13.5. The Morgan fingerprint density at radius 1 is 1.30 bits per heavy atom. The number of hydrogen-bond donors (Lipinski definition) is 1. The molecule has 0 aliphatic rings. The van der Waals surface area contributed by atoms with E-state index < -0.39 is 0 Å². The van der Waals surface area contributed by atoms with Gasteiger partial charge in [0.1, 0.15) is 11.6 Å². The fourth-order valence-electron chi connectivity index (χ4n) is 2.60. The van der Waals surface area contributed by atoms with E-state index in [1.54, 1.807) is 25.4 Å². The van der Waals surface area contributed by atoms with Crippen molar-refractivity contribution in [3.05, 3.63) is 72.3 Å². The highest BCUT2D eigenvalue weighted by molar-refractivity contribution is 7.99. The molecular weight excluding hydrogens is 365 g/mol. The molecule has 0 aliphatic heterocycles. The van der Waals surface area contributed by atoms with E-state index in [2.05, 4.69) is 10.3 Å². The van der Waals surface area contributed by atoms with E-state index >= 15 is 0 Å². The first-order valence-corrected chi connectivity index (χ1v) is 9.41. The number of halogens is 1. The van der Waals surface area contributed by atoms with Gasteiger partial charge in [0.2, 0.25) is 5.91 Å². The molecule has 7 heteroatoms. The van der Waals surface area contributed by atoms with Crippen LogP contribution in [0.1, 0.15) is 18.5 Å². The summed E-state index contributed by atoms with van der Waals surface area (Å²) in [5.74, 6) is 0.573. The van der Waals surface area contributed by atoms with Crippen molar-refractivity contribution in [2.24, 2.45) is 0 Å². The van der Waals surface area contributed by atoms with Crippen molar-refractivity contribution < 1.29 is 13.9 Å². The predicted octanol–water partition coefficient (Wildman–Crippen LogP) is 3.99. The standard InChI is InChI=1S/C20H20FN3O2S/c1-14(15-6-8-16(21)9-7-15)23-19(25)13-27-20-22-10-11-24(20)17-4-3-5-18(12-17)26-2/h3-12,14H,13H2,1-2H3,(H,23,25). The van der Waals surface area contributed by atoms with E-state index in [-0.39, 0.29) is 23.5 Å². The second-order valence-electron chi connectivity index (χ2n) is 5.91. The monoisotopic (exact) mass is 385 g/mol. The summed E-state index contributed by atoms with van der Waals surface area (Å²) < 4.78 is 20.2. The Balaban J connectivity index is 1.61. The van der Waals surface area contributed by atoms with Crippen molar-refractivity contribution in [2.45, 2.75) is 18.1 Å². The lowest BCUT2D eigenvalue weighted by molar-refractivity contribution is -0.119. The van der Waals surface area contributed by atoms with Gasteiger partial charge in [0.25, 0.3) is 0 Å². The molecule has 5 nitrogen and oxygen atoms in total. The molecule has 0 saturated carbocycles. The summed E-state index contributed by atoms with van der Waals surface area (Å²) in [5, 5.41) is 3.63. The maximum atomic E-state index is 13.0. The van der Waals surface area contributed by atoms with Crippen LogP contribution in [0.5, 0.6) is 5.75 Å². The SMILES string of the molecule is COc1cccc(-n2ccnc2SCC(=O)NC(C)c2ccc(F)cc2)c1. The molecule has 2 aromatic carbocycles. The van der Waals surface area contributed by atoms with Crippen LogP contribution in [0.3, 0.4) is 0 Å². The summed E-state index contributed by atoms with van der Waals surface area (Å²) in [6.07, 6.45) is 3.54. The second-order valence-corrected chi connectivity index (χ2v) is 6.85. The number of carbonyl (C=O) groups excluding carboxylic acids is 1. The largest absolute Gasteiger partial charge is 0.497 e. The first-order chi connectivity index (χ1) is 13.1. The molecule has 0 bridgehead atoms. The molecule has 3 aromatic rings. The van der Waals surface area contributed by atoms with Gasteiger partial charge >= 0.3 is 0 Å². The van der Waals surface area contributed by atoms with Crippen LogP contribution in [0.15, 0.2) is 66.1 Å². The van der Waals surface area contributed by atoms with Crippen molar-refractivity contribution in [1.82, 2.24) is 14.9 Å². The number of rotatable bonds is 7. The molecule has 140 valence electrons. The number of benzene rings is 2. The Hall–Kier alpha value is -2.80. The maximum Gasteiger partial charge on any atom is 0.230 e. The Bertz CT molecular complexity index is 912. The van der Waals surface area contributed by atoms with Gasteiger partial charge in [-0.05, 0) is 36.8 Å². The topological polar surface area (TPSA) is 56.2 Å². The van der Waals surface area contributed by atoms with E-state index in [9.17, 15) is 9.18 Å². The van der Waals surface area contributed by atoms with E-state index in [0.29, 0.717) is 5.16 Å². The highest BCUT2D eigenvalue weighted by atomic mass is 32.2. The molecule has 0 fully saturated rings. The molecule has 3 rings (SSSR count). The predicted molar refractivity (Wildman–Crippen MR) is 104 cm³/mol. The van der Waals surface area contributed by atoms with Crippen LogP contribution < -0.4 is 10.1 Å². The molecule has 1 amide bonds. The number of nitrogens with one attached hydrogen (secondary N) is 1. The van der Waals surface area contributed by atoms with E-state index in [1.165, 1.54) is 23.9 Å². The minimum Gasteiger partial charge on any atom is -0.497 e. The molecule has 0 saturated heterocycles. The lowest BCUT2D eigenvalue weighted by Crippen LogP contribution is -2.28. The molecule has 27 heavy (non-hydrogen) atoms. The molecule has 1 N–H and O–H groups in total. The van der Waals surface area contributed by atoms with Gasteiger partial charge in [-0.3, -0.25) is 9.36 Å². The smallest absolute Gasteiger partial charge is 0.230 e. The van der Waals surface area contributed by atoms with Gasteiger partial charge in [-0.2, -0.15) is 0 Å². The first-order valence-electron chi connectivity index (χ1n) is 8.42. The summed E-state index contributed by atoms with van der Waals surface area (Å²) >= 11 is 1.35. The van der Waals surface area contributed by atoms with Crippen molar-refractivity contribution in [3.8, 4) is 11.4 Å². The van der Waals surface area contributed by atoms with Crippen LogP contribution in [-0.4, -0.2) is 28.3 Å². The lowest BCUT2D eigenvalue weighted by Gasteiger charge is -2.14. The molecular formula is C20H20FN3O2S. The maximum absolute atomic E-state index is 13.0. The van der Waals surface area contributed by atoms with Gasteiger partial charge in [-0.1, -0.05) is 30.0 Å². The molecule has 0 spiro atoms. The Kier molecular flexibility index (Phi) is 6.13. The highest BCUT2D eigenvalue weighted by Crippen LogP contribution is 2.23. The average molecular weight is 385 g/mol. The first kappa shape index (κ1) is 19.0. The number of methoxy groups -OCH3 is 1. The van der Waals surface area contributed by atoms with Crippen LogP contribution in [0.4, 0.5) is 4.39 Å². The molecule has 0 aliphatic carbocycles. The quantitative estimate of drug-likeness (QED) is 0.625. The zero-order chi connectivity index (χ0) is 19.2. The van der Waals surface area contributed by atoms with Gasteiger partial charge in [0.15, 0.2) is 5.16 Å². The normalized spacial score (nSPS) is 11.8. The fourth-order valence-corrected chi connectivity index (χ4v) is 3.39. The third-order valence-electron chi connectivity index (χ3n) is 4.02. The average Bonchev–Trinajstić information content (AvgIpc) is 3.15. The van der Waals surface area contributed by atoms with E-state index in [4.69, 9.17) is 4.74 Å². The summed E-state index contributed by atoms with van der Waals surface area (Å²) in [7, 11) is 1.62. The van der Waals surface area contributed by atoms with Crippen LogP contribution >= 0.6 is 11.8 Å². The van der Waals surface area contributed by atoms with Gasteiger partial charge in [0, 0.05) is 18.5 Å². The zero-order valence-corrected chi connectivity index (χ0v) is 15.9. The Morgan fingerprint density at radius 2 is 2.07 bits per heavy atom. The number of aromatic nitrogens is 2. The van der Waals surface area contributed by atoms with Gasteiger partial charge < -0.3 is 10.1 Å². The molecule has 1 heterocycles. The summed E-state index contributed by atoms with van der Waals surface area (Å²) in [4.78, 5) is 16.6. The lowest BCUT2D eigenvalue weighted by atomic mass is 10.1. The molecule has 1 atom stereocenters. The number of carbonyl (C=O) groups is 1. The van der Waals surface area contributed by atoms with Crippen molar-refractivity contribution in [3.63, 3.8) is 0 Å². The third kappa shape index (κ3) is 4.89. The van der Waals surface area contributed by atoms with Crippen molar-refractivity contribution in [1.29, 1.82) is 0 Å². The van der Waals surface area contributed by atoms with Crippen LogP contribution in [0, 0.1) is 5.82 Å². The zero-order valence-electron chi connectivity index (χ0n) is 15.1. The fraction of sp³-hybridized carbons (Fsp3) is 0.200. The minimum absolute atomic E-state index is 0.114.